The molecule has 0 aliphatic carbocycles. The number of hydrogen-bond acceptors (Lipinski definition) is 7. The Bertz CT molecular complexity index is 1020. The van der Waals surface area contributed by atoms with Gasteiger partial charge in [0.25, 0.3) is 5.69 Å². The fourth-order valence-corrected chi connectivity index (χ4v) is 4.14. The van der Waals surface area contributed by atoms with Crippen molar-refractivity contribution in [1.82, 2.24) is 14.9 Å². The van der Waals surface area contributed by atoms with Crippen molar-refractivity contribution in [1.29, 1.82) is 0 Å². The summed E-state index contributed by atoms with van der Waals surface area (Å²) < 4.78 is 0. The number of nitro benzene ring substituents is 1. The molecule has 0 N–H and O–H groups in total. The SMILES string of the molecule is O=C(Cc1csc(-c2ccccn2)n1)N1CCN(c2ccccc2[N+](=O)[O-])CC1. The molecule has 0 atom stereocenters. The summed E-state index contributed by atoms with van der Waals surface area (Å²) in [4.78, 5) is 36.1. The van der Waals surface area contributed by atoms with E-state index in [2.05, 4.69) is 9.97 Å². The van der Waals surface area contributed by atoms with Crippen LogP contribution in [-0.2, 0) is 11.2 Å². The van der Waals surface area contributed by atoms with Crippen molar-refractivity contribution in [3.8, 4) is 10.7 Å². The van der Waals surface area contributed by atoms with Gasteiger partial charge in [-0.1, -0.05) is 18.2 Å². The van der Waals surface area contributed by atoms with Crippen LogP contribution < -0.4 is 4.90 Å². The van der Waals surface area contributed by atoms with Gasteiger partial charge in [-0.2, -0.15) is 0 Å². The van der Waals surface area contributed by atoms with Crippen LogP contribution in [0.4, 0.5) is 11.4 Å². The highest BCUT2D eigenvalue weighted by atomic mass is 32.1. The largest absolute Gasteiger partial charge is 0.362 e. The van der Waals surface area contributed by atoms with Crippen LogP contribution in [0.3, 0.4) is 0 Å². The maximum absolute atomic E-state index is 12.7. The number of aromatic nitrogens is 2. The van der Waals surface area contributed by atoms with Crippen LogP contribution in [0, 0.1) is 10.1 Å². The lowest BCUT2D eigenvalue weighted by Crippen LogP contribution is -2.49. The Labute approximate surface area is 171 Å². The lowest BCUT2D eigenvalue weighted by molar-refractivity contribution is -0.384. The number of benzene rings is 1. The number of nitro groups is 1. The Kier molecular flexibility index (Phi) is 5.48. The molecule has 1 fully saturated rings. The van der Waals surface area contributed by atoms with Crippen LogP contribution >= 0.6 is 11.3 Å². The van der Waals surface area contributed by atoms with Crippen molar-refractivity contribution in [3.05, 3.63) is 69.8 Å². The first kappa shape index (κ1) is 19.0. The number of anilines is 1. The Hall–Kier alpha value is -3.33. The third kappa shape index (κ3) is 4.24. The first-order valence-corrected chi connectivity index (χ1v) is 10.1. The molecular weight excluding hydrogens is 390 g/mol. The summed E-state index contributed by atoms with van der Waals surface area (Å²) >= 11 is 1.48. The average molecular weight is 409 g/mol. The second-order valence-corrected chi connectivity index (χ2v) is 7.51. The molecule has 4 rings (SSSR count). The van der Waals surface area contributed by atoms with Gasteiger partial charge in [0.05, 0.1) is 22.7 Å². The van der Waals surface area contributed by atoms with E-state index >= 15 is 0 Å². The van der Waals surface area contributed by atoms with E-state index in [1.807, 2.05) is 28.5 Å². The van der Waals surface area contributed by atoms with Crippen LogP contribution in [0.15, 0.2) is 54.0 Å². The number of para-hydroxylation sites is 2. The molecule has 3 heterocycles. The van der Waals surface area contributed by atoms with Gasteiger partial charge in [0, 0.05) is 43.8 Å². The van der Waals surface area contributed by atoms with Crippen molar-refractivity contribution in [3.63, 3.8) is 0 Å². The molecule has 1 aliphatic heterocycles. The number of thiazole rings is 1. The molecule has 0 spiro atoms. The quantitative estimate of drug-likeness (QED) is 0.475. The molecule has 1 saturated heterocycles. The van der Waals surface area contributed by atoms with E-state index in [1.165, 1.54) is 17.4 Å². The minimum atomic E-state index is -0.367. The lowest BCUT2D eigenvalue weighted by Gasteiger charge is -2.35. The number of rotatable bonds is 5. The van der Waals surface area contributed by atoms with E-state index in [0.29, 0.717) is 31.9 Å². The molecule has 0 unspecified atom stereocenters. The van der Waals surface area contributed by atoms with Gasteiger partial charge in [-0.25, -0.2) is 4.98 Å². The maximum atomic E-state index is 12.7. The van der Waals surface area contributed by atoms with E-state index in [-0.39, 0.29) is 22.9 Å². The molecule has 29 heavy (non-hydrogen) atoms. The average Bonchev–Trinajstić information content (AvgIpc) is 3.23. The fraction of sp³-hybridized carbons (Fsp3) is 0.250. The molecule has 2 aromatic heterocycles. The second-order valence-electron chi connectivity index (χ2n) is 6.65. The molecule has 9 heteroatoms. The minimum Gasteiger partial charge on any atom is -0.362 e. The number of nitrogens with zero attached hydrogens (tertiary/aromatic N) is 5. The van der Waals surface area contributed by atoms with E-state index < -0.39 is 0 Å². The van der Waals surface area contributed by atoms with Crippen molar-refractivity contribution in [2.24, 2.45) is 0 Å². The fourth-order valence-electron chi connectivity index (χ4n) is 3.34. The van der Waals surface area contributed by atoms with E-state index in [9.17, 15) is 14.9 Å². The number of amides is 1. The highest BCUT2D eigenvalue weighted by Crippen LogP contribution is 2.28. The summed E-state index contributed by atoms with van der Waals surface area (Å²) in [6.07, 6.45) is 1.97. The van der Waals surface area contributed by atoms with Crippen LogP contribution in [-0.4, -0.2) is 51.9 Å². The summed E-state index contributed by atoms with van der Waals surface area (Å²) in [5.41, 5.74) is 2.23. The monoisotopic (exact) mass is 409 g/mol. The summed E-state index contributed by atoms with van der Waals surface area (Å²) in [5.74, 6) is 0.0186. The number of carbonyl (C=O) groups excluding carboxylic acids is 1. The zero-order valence-corrected chi connectivity index (χ0v) is 16.4. The van der Waals surface area contributed by atoms with Gasteiger partial charge in [-0.3, -0.25) is 19.9 Å². The van der Waals surface area contributed by atoms with E-state index in [0.717, 1.165) is 16.4 Å². The van der Waals surface area contributed by atoms with Gasteiger partial charge < -0.3 is 9.80 Å². The number of pyridine rings is 1. The number of piperazine rings is 1. The molecule has 0 bridgehead atoms. The predicted octanol–water partition coefficient (Wildman–Crippen LogP) is 3.00. The van der Waals surface area contributed by atoms with Crippen molar-refractivity contribution in [2.75, 3.05) is 31.1 Å². The Morgan fingerprint density at radius 1 is 1.10 bits per heavy atom. The third-order valence-corrected chi connectivity index (χ3v) is 5.73. The molecule has 1 aliphatic rings. The van der Waals surface area contributed by atoms with E-state index in [1.54, 1.807) is 29.3 Å². The second kappa shape index (κ2) is 8.36. The van der Waals surface area contributed by atoms with Gasteiger partial charge in [0.1, 0.15) is 10.7 Å². The van der Waals surface area contributed by atoms with Crippen molar-refractivity contribution >= 4 is 28.6 Å². The van der Waals surface area contributed by atoms with Crippen LogP contribution in [0.5, 0.6) is 0 Å². The van der Waals surface area contributed by atoms with Crippen LogP contribution in [0.25, 0.3) is 10.7 Å². The zero-order chi connectivity index (χ0) is 20.2. The molecular formula is C20H19N5O3S. The first-order chi connectivity index (χ1) is 14.1. The highest BCUT2D eigenvalue weighted by molar-refractivity contribution is 7.13. The molecule has 3 aromatic rings. The first-order valence-electron chi connectivity index (χ1n) is 9.24. The van der Waals surface area contributed by atoms with Crippen LogP contribution in [0.2, 0.25) is 0 Å². The smallest absolute Gasteiger partial charge is 0.292 e. The standard InChI is InChI=1S/C20H19N5O3S/c26-19(13-15-14-29-20(22-15)16-5-3-4-8-21-16)24-11-9-23(10-12-24)17-6-1-2-7-18(17)25(27)28/h1-8,14H,9-13H2. The molecule has 148 valence electrons. The van der Waals surface area contributed by atoms with E-state index in [4.69, 9.17) is 0 Å². The predicted molar refractivity (Wildman–Crippen MR) is 111 cm³/mol. The van der Waals surface area contributed by atoms with Gasteiger partial charge in [-0.15, -0.1) is 11.3 Å². The summed E-state index contributed by atoms with van der Waals surface area (Å²) in [6, 6.07) is 12.4. The summed E-state index contributed by atoms with van der Waals surface area (Å²) in [7, 11) is 0. The summed E-state index contributed by atoms with van der Waals surface area (Å²) in [6.45, 7) is 2.18. The minimum absolute atomic E-state index is 0.0186. The van der Waals surface area contributed by atoms with Gasteiger partial charge in [-0.05, 0) is 18.2 Å². The van der Waals surface area contributed by atoms with Crippen molar-refractivity contribution in [2.45, 2.75) is 6.42 Å². The maximum Gasteiger partial charge on any atom is 0.292 e. The van der Waals surface area contributed by atoms with Gasteiger partial charge >= 0.3 is 0 Å². The van der Waals surface area contributed by atoms with Crippen molar-refractivity contribution < 1.29 is 9.72 Å². The summed E-state index contributed by atoms with van der Waals surface area (Å²) in [5, 5.41) is 13.9. The normalized spacial score (nSPS) is 14.1. The molecule has 0 saturated carbocycles. The molecule has 0 radical (unpaired) electrons. The molecule has 8 nitrogen and oxygen atoms in total. The third-order valence-electron chi connectivity index (χ3n) is 4.82. The molecule has 1 amide bonds. The number of carbonyl (C=O) groups is 1. The topological polar surface area (TPSA) is 92.5 Å². The lowest BCUT2D eigenvalue weighted by atomic mass is 10.2. The van der Waals surface area contributed by atoms with Gasteiger partial charge in [0.2, 0.25) is 5.91 Å². The highest BCUT2D eigenvalue weighted by Gasteiger charge is 2.25. The molecule has 1 aromatic carbocycles. The Morgan fingerprint density at radius 2 is 1.86 bits per heavy atom. The van der Waals surface area contributed by atoms with Gasteiger partial charge in [0.15, 0.2) is 0 Å². The zero-order valence-electron chi connectivity index (χ0n) is 15.6. The number of hydrogen-bond donors (Lipinski definition) is 0. The Balaban J connectivity index is 1.36. The van der Waals surface area contributed by atoms with Crippen LogP contribution in [0.1, 0.15) is 5.69 Å². The Morgan fingerprint density at radius 3 is 2.59 bits per heavy atom.